The quantitative estimate of drug-likeness (QED) is 0.454. The van der Waals surface area contributed by atoms with Gasteiger partial charge in [-0.25, -0.2) is 17.6 Å². The van der Waals surface area contributed by atoms with E-state index in [9.17, 15) is 17.6 Å². The first-order valence-corrected chi connectivity index (χ1v) is 6.74. The first-order valence-electron chi connectivity index (χ1n) is 6.74. The van der Waals surface area contributed by atoms with Crippen LogP contribution in [0.3, 0.4) is 0 Å². The van der Waals surface area contributed by atoms with Crippen molar-refractivity contribution >= 4 is 23.9 Å². The summed E-state index contributed by atoms with van der Waals surface area (Å²) in [7, 11) is 0. The minimum atomic E-state index is -2.29. The molecule has 1 fully saturated rings. The van der Waals surface area contributed by atoms with Crippen LogP contribution in [-0.2, 0) is 4.74 Å². The van der Waals surface area contributed by atoms with Gasteiger partial charge in [0.1, 0.15) is 0 Å². The van der Waals surface area contributed by atoms with E-state index < -0.39 is 18.5 Å². The Morgan fingerprint density at radius 3 is 1.79 bits per heavy atom. The van der Waals surface area contributed by atoms with Gasteiger partial charge in [0.05, 0.1) is 5.60 Å². The monoisotopic (exact) mass is 394 g/mol. The molecule has 1 aliphatic rings. The third-order valence-electron chi connectivity index (χ3n) is 3.54. The zero-order valence-corrected chi connectivity index (χ0v) is 10.6. The summed E-state index contributed by atoms with van der Waals surface area (Å²) in [4.78, 5) is 0. The molecule has 6 heteroatoms. The van der Waals surface area contributed by atoms with Crippen molar-refractivity contribution in [3.8, 4) is 0 Å². The second-order valence-corrected chi connectivity index (χ2v) is 5.06. The Labute approximate surface area is 129 Å². The molecule has 0 aromatic carbocycles. The van der Waals surface area contributed by atoms with Crippen molar-refractivity contribution in [1.82, 2.24) is 0 Å². The van der Waals surface area contributed by atoms with E-state index in [0.717, 1.165) is 19.3 Å². The normalized spacial score (nSPS) is 18.6. The van der Waals surface area contributed by atoms with Crippen molar-refractivity contribution in [3.05, 3.63) is 0 Å². The van der Waals surface area contributed by atoms with Crippen LogP contribution in [0.5, 0.6) is 0 Å². The minimum absolute atomic E-state index is 0. The van der Waals surface area contributed by atoms with Gasteiger partial charge in [0.15, 0.2) is 0 Å². The van der Waals surface area contributed by atoms with Crippen LogP contribution in [0.25, 0.3) is 0 Å². The summed E-state index contributed by atoms with van der Waals surface area (Å²) in [6, 6.07) is 0. The van der Waals surface area contributed by atoms with Gasteiger partial charge < -0.3 is 4.74 Å². The summed E-state index contributed by atoms with van der Waals surface area (Å²) in [6.45, 7) is 0.628. The van der Waals surface area contributed by atoms with Crippen LogP contribution in [0.4, 0.5) is 17.6 Å². The SMILES string of the molecule is FC(F)CCCC1(CCCC(F)F)CCCCO1.[SnH4]. The van der Waals surface area contributed by atoms with Crippen molar-refractivity contribution in [1.29, 1.82) is 0 Å². The Bertz CT molecular complexity index is 205. The Hall–Kier alpha value is 0.479. The Morgan fingerprint density at radius 2 is 1.42 bits per heavy atom. The summed E-state index contributed by atoms with van der Waals surface area (Å²) in [5, 5.41) is 0. The van der Waals surface area contributed by atoms with Gasteiger partial charge in [0.25, 0.3) is 0 Å². The molecule has 1 heterocycles. The van der Waals surface area contributed by atoms with Gasteiger partial charge in [0, 0.05) is 19.4 Å². The molecule has 0 aliphatic carbocycles. The Balaban J connectivity index is 0.00000324. The zero-order valence-electron chi connectivity index (χ0n) is 10.6. The molecule has 1 nitrogen and oxygen atoms in total. The molecule has 0 unspecified atom stereocenters. The van der Waals surface area contributed by atoms with Crippen molar-refractivity contribution in [3.63, 3.8) is 0 Å². The van der Waals surface area contributed by atoms with Crippen molar-refractivity contribution in [2.75, 3.05) is 6.61 Å². The molecule has 116 valence electrons. The average molecular weight is 393 g/mol. The number of hydrogen-bond acceptors (Lipinski definition) is 1. The maximum atomic E-state index is 12.1. The average Bonchev–Trinajstić information content (AvgIpc) is 2.29. The van der Waals surface area contributed by atoms with Gasteiger partial charge in [-0.05, 0) is 44.9 Å². The number of rotatable bonds is 8. The van der Waals surface area contributed by atoms with Crippen LogP contribution in [0.1, 0.15) is 57.8 Å². The van der Waals surface area contributed by atoms with E-state index in [-0.39, 0.29) is 36.7 Å². The second-order valence-electron chi connectivity index (χ2n) is 5.06. The number of alkyl halides is 4. The molecule has 0 amide bonds. The van der Waals surface area contributed by atoms with E-state index in [4.69, 9.17) is 4.74 Å². The van der Waals surface area contributed by atoms with Crippen molar-refractivity contribution in [2.45, 2.75) is 76.2 Å². The predicted molar refractivity (Wildman–Crippen MR) is 73.6 cm³/mol. The number of halogens is 4. The zero-order chi connectivity index (χ0) is 13.4. The van der Waals surface area contributed by atoms with Crippen LogP contribution in [0.2, 0.25) is 0 Å². The first kappa shape index (κ1) is 19.5. The molecule has 19 heavy (non-hydrogen) atoms. The van der Waals surface area contributed by atoms with Crippen LogP contribution >= 0.6 is 0 Å². The van der Waals surface area contributed by atoms with Crippen molar-refractivity contribution in [2.24, 2.45) is 0 Å². The van der Waals surface area contributed by atoms with Crippen LogP contribution in [0, 0.1) is 0 Å². The van der Waals surface area contributed by atoms with E-state index in [1.807, 2.05) is 0 Å². The topological polar surface area (TPSA) is 9.23 Å². The van der Waals surface area contributed by atoms with Gasteiger partial charge in [-0.2, -0.15) is 0 Å². The second kappa shape index (κ2) is 10.2. The van der Waals surface area contributed by atoms with Gasteiger partial charge >= 0.3 is 23.9 Å². The molecule has 1 aliphatic heterocycles. The van der Waals surface area contributed by atoms with Crippen LogP contribution in [-0.4, -0.2) is 49.0 Å². The standard InChI is InChI=1S/C13H22F4O.Sn.4H/c14-11(15)5-3-8-13(7-1-2-10-18-13)9-4-6-12(16)17;;;;;/h11-12H,1-10H2;;;;;. The number of ether oxygens (including phenoxy) is 1. The molecule has 0 aromatic rings. The molecule has 1 rings (SSSR count). The Morgan fingerprint density at radius 1 is 0.895 bits per heavy atom. The Kier molecular flexibility index (Phi) is 10.5. The summed E-state index contributed by atoms with van der Waals surface area (Å²) >= 11 is 0. The predicted octanol–water partition coefficient (Wildman–Crippen LogP) is 3.34. The molecule has 1 saturated heterocycles. The molecule has 0 bridgehead atoms. The third kappa shape index (κ3) is 8.37. The van der Waals surface area contributed by atoms with Gasteiger partial charge in [-0.1, -0.05) is 0 Å². The molecule has 0 aromatic heterocycles. The maximum absolute atomic E-state index is 12.1. The molecular weight excluding hydrogens is 367 g/mol. The van der Waals surface area contributed by atoms with Gasteiger partial charge in [-0.3, -0.25) is 0 Å². The van der Waals surface area contributed by atoms with E-state index >= 15 is 0 Å². The molecule has 0 spiro atoms. The van der Waals surface area contributed by atoms with Crippen LogP contribution in [0.15, 0.2) is 0 Å². The fraction of sp³-hybridized carbons (Fsp3) is 1.00. The van der Waals surface area contributed by atoms with Crippen LogP contribution < -0.4 is 0 Å². The van der Waals surface area contributed by atoms with Crippen molar-refractivity contribution < 1.29 is 22.3 Å². The summed E-state index contributed by atoms with van der Waals surface area (Å²) in [5.41, 5.74) is -0.415. The summed E-state index contributed by atoms with van der Waals surface area (Å²) in [5.74, 6) is 0. The third-order valence-corrected chi connectivity index (χ3v) is 3.54. The fourth-order valence-electron chi connectivity index (χ4n) is 2.59. The molecule has 0 N–H and O–H groups in total. The first-order chi connectivity index (χ1) is 8.54. The number of hydrogen-bond donors (Lipinski definition) is 0. The fourth-order valence-corrected chi connectivity index (χ4v) is 2.59. The molecular formula is C13H26F4OSn. The molecule has 0 saturated carbocycles. The molecule has 0 atom stereocenters. The van der Waals surface area contributed by atoms with E-state index in [0.29, 0.717) is 32.3 Å². The van der Waals surface area contributed by atoms with E-state index in [1.54, 1.807) is 0 Å². The summed E-state index contributed by atoms with van der Waals surface area (Å²) < 4.78 is 54.3. The van der Waals surface area contributed by atoms with Gasteiger partial charge in [-0.15, -0.1) is 0 Å². The van der Waals surface area contributed by atoms with E-state index in [1.165, 1.54) is 0 Å². The molecule has 0 radical (unpaired) electrons. The summed E-state index contributed by atoms with van der Waals surface area (Å²) in [6.07, 6.45) is -0.0629. The van der Waals surface area contributed by atoms with E-state index in [2.05, 4.69) is 0 Å². The van der Waals surface area contributed by atoms with Gasteiger partial charge in [0.2, 0.25) is 12.9 Å².